The van der Waals surface area contributed by atoms with Crippen LogP contribution in [0.3, 0.4) is 0 Å². The fourth-order valence-corrected chi connectivity index (χ4v) is 4.27. The summed E-state index contributed by atoms with van der Waals surface area (Å²) >= 11 is 0. The van der Waals surface area contributed by atoms with Crippen LogP contribution in [0.2, 0.25) is 0 Å². The number of pyridine rings is 1. The molecule has 0 spiro atoms. The van der Waals surface area contributed by atoms with Crippen LogP contribution in [-0.4, -0.2) is 59.4 Å². The summed E-state index contributed by atoms with van der Waals surface area (Å²) in [7, 11) is 0. The molecule has 0 N–H and O–H groups in total. The summed E-state index contributed by atoms with van der Waals surface area (Å²) in [5, 5.41) is 8.36. The number of aryl methyl sites for hydroxylation is 2. The summed E-state index contributed by atoms with van der Waals surface area (Å²) in [5.74, 6) is 0.799. The number of rotatable bonds is 4. The van der Waals surface area contributed by atoms with Crippen LogP contribution >= 0.6 is 0 Å². The first-order valence-electron chi connectivity index (χ1n) is 9.68. The molecule has 2 bridgehead atoms. The Bertz CT molecular complexity index is 1040. The topological polar surface area (TPSA) is 98.9 Å². The number of carbonyl (C=O) groups is 1. The molecule has 2 aliphatic rings. The van der Waals surface area contributed by atoms with E-state index in [2.05, 4.69) is 25.1 Å². The van der Waals surface area contributed by atoms with Crippen molar-refractivity contribution in [1.82, 2.24) is 34.8 Å². The monoisotopic (exact) mass is 391 g/mol. The van der Waals surface area contributed by atoms with Gasteiger partial charge in [0.15, 0.2) is 5.69 Å². The maximum atomic E-state index is 13.4. The first kappa shape index (κ1) is 17.7. The first-order valence-corrected chi connectivity index (χ1v) is 9.68. The molecule has 5 rings (SSSR count). The fraction of sp³-hybridized carbons (Fsp3) is 0.400. The minimum absolute atomic E-state index is 0.00265. The van der Waals surface area contributed by atoms with E-state index in [4.69, 9.17) is 4.74 Å². The molecule has 148 valence electrons. The number of amides is 1. The van der Waals surface area contributed by atoms with Crippen LogP contribution in [0.1, 0.15) is 34.6 Å². The number of carbonyl (C=O) groups excluding carboxylic acids is 1. The number of fused-ring (bicyclic) bond motifs is 2. The lowest BCUT2D eigenvalue weighted by atomic mass is 10.1. The number of likely N-dealkylation sites (tertiary alicyclic amines) is 1. The lowest BCUT2D eigenvalue weighted by Crippen LogP contribution is -2.47. The van der Waals surface area contributed by atoms with Crippen LogP contribution in [0.25, 0.3) is 5.69 Å². The first-order chi connectivity index (χ1) is 14.1. The van der Waals surface area contributed by atoms with Gasteiger partial charge in [0, 0.05) is 12.7 Å². The molecule has 1 saturated heterocycles. The molecular formula is C20H21N7O2. The van der Waals surface area contributed by atoms with Crippen molar-refractivity contribution in [2.24, 2.45) is 5.92 Å². The van der Waals surface area contributed by atoms with E-state index in [-0.39, 0.29) is 18.1 Å². The molecule has 1 aliphatic heterocycles. The molecule has 1 aliphatic carbocycles. The van der Waals surface area contributed by atoms with Gasteiger partial charge in [0.25, 0.3) is 5.91 Å². The Morgan fingerprint density at radius 1 is 1.07 bits per heavy atom. The molecule has 3 atom stereocenters. The lowest BCUT2D eigenvalue weighted by Gasteiger charge is -2.33. The van der Waals surface area contributed by atoms with Crippen LogP contribution in [0, 0.1) is 19.8 Å². The lowest BCUT2D eigenvalue weighted by molar-refractivity contribution is 0.0460. The Morgan fingerprint density at radius 2 is 1.90 bits per heavy atom. The highest BCUT2D eigenvalue weighted by atomic mass is 16.5. The predicted octanol–water partition coefficient (Wildman–Crippen LogP) is 1.75. The average Bonchev–Trinajstić information content (AvgIpc) is 3.46. The molecule has 3 aromatic heterocycles. The molecule has 1 saturated carbocycles. The third-order valence-electron chi connectivity index (χ3n) is 5.56. The molecule has 0 radical (unpaired) electrons. The van der Waals surface area contributed by atoms with Gasteiger partial charge in [-0.25, -0.2) is 9.97 Å². The van der Waals surface area contributed by atoms with Crippen molar-refractivity contribution in [1.29, 1.82) is 0 Å². The minimum Gasteiger partial charge on any atom is -0.471 e. The van der Waals surface area contributed by atoms with Gasteiger partial charge in [0.2, 0.25) is 5.88 Å². The van der Waals surface area contributed by atoms with E-state index in [9.17, 15) is 4.79 Å². The largest absolute Gasteiger partial charge is 0.471 e. The summed E-state index contributed by atoms with van der Waals surface area (Å²) in [4.78, 5) is 29.7. The van der Waals surface area contributed by atoms with E-state index in [0.29, 0.717) is 29.7 Å². The van der Waals surface area contributed by atoms with Crippen molar-refractivity contribution in [3.63, 3.8) is 0 Å². The third-order valence-corrected chi connectivity index (χ3v) is 5.56. The highest BCUT2D eigenvalue weighted by molar-refractivity contribution is 5.96. The molecule has 2 fully saturated rings. The van der Waals surface area contributed by atoms with E-state index in [1.54, 1.807) is 31.0 Å². The van der Waals surface area contributed by atoms with E-state index < -0.39 is 0 Å². The van der Waals surface area contributed by atoms with Gasteiger partial charge in [0.1, 0.15) is 11.8 Å². The van der Waals surface area contributed by atoms with Crippen LogP contribution < -0.4 is 4.74 Å². The van der Waals surface area contributed by atoms with Crippen molar-refractivity contribution >= 4 is 5.91 Å². The quantitative estimate of drug-likeness (QED) is 0.668. The second-order valence-electron chi connectivity index (χ2n) is 7.71. The predicted molar refractivity (Wildman–Crippen MR) is 103 cm³/mol. The summed E-state index contributed by atoms with van der Waals surface area (Å²) in [5.41, 5.74) is 2.72. The molecular weight excluding hydrogens is 370 g/mol. The highest BCUT2D eigenvalue weighted by Crippen LogP contribution is 2.40. The van der Waals surface area contributed by atoms with Crippen molar-refractivity contribution < 1.29 is 9.53 Å². The van der Waals surface area contributed by atoms with Crippen molar-refractivity contribution in [2.75, 3.05) is 6.54 Å². The van der Waals surface area contributed by atoms with Gasteiger partial charge in [-0.1, -0.05) is 0 Å². The van der Waals surface area contributed by atoms with Crippen molar-refractivity contribution in [3.05, 3.63) is 54.0 Å². The molecule has 9 heteroatoms. The van der Waals surface area contributed by atoms with E-state index in [1.807, 2.05) is 24.8 Å². The second-order valence-corrected chi connectivity index (χ2v) is 7.71. The number of aromatic nitrogens is 6. The van der Waals surface area contributed by atoms with E-state index >= 15 is 0 Å². The average molecular weight is 391 g/mol. The van der Waals surface area contributed by atoms with Gasteiger partial charge in [-0.15, -0.1) is 4.80 Å². The number of hydrogen-bond acceptors (Lipinski definition) is 7. The standard InChI is InChI=1S/C20H21N7O2/c1-12-5-16(27-24-3-4-25-27)19(23-8-12)20(28)26-11-14-6-15(26)17(7-14)29-18-10-21-13(2)9-22-18/h3-5,8-10,14-15,17H,6-7,11H2,1-2H3. The van der Waals surface area contributed by atoms with Gasteiger partial charge < -0.3 is 9.64 Å². The maximum Gasteiger partial charge on any atom is 0.275 e. The Labute approximate surface area is 167 Å². The van der Waals surface area contributed by atoms with Crippen LogP contribution in [0.15, 0.2) is 37.1 Å². The summed E-state index contributed by atoms with van der Waals surface area (Å²) < 4.78 is 6.08. The van der Waals surface area contributed by atoms with Gasteiger partial charge in [-0.05, 0) is 44.2 Å². The number of hydrogen-bond donors (Lipinski definition) is 0. The van der Waals surface area contributed by atoms with E-state index in [0.717, 1.165) is 24.1 Å². The number of nitrogens with zero attached hydrogens (tertiary/aromatic N) is 7. The number of ether oxygens (including phenoxy) is 1. The van der Waals surface area contributed by atoms with Crippen LogP contribution in [0.5, 0.6) is 5.88 Å². The third kappa shape index (κ3) is 3.22. The minimum atomic E-state index is -0.118. The normalized spacial score (nSPS) is 22.8. The van der Waals surface area contributed by atoms with E-state index in [1.165, 1.54) is 4.80 Å². The van der Waals surface area contributed by atoms with Gasteiger partial charge in [-0.2, -0.15) is 10.2 Å². The molecule has 4 heterocycles. The fourth-order valence-electron chi connectivity index (χ4n) is 4.27. The Balaban J connectivity index is 1.40. The maximum absolute atomic E-state index is 13.4. The number of piperidine rings is 1. The summed E-state index contributed by atoms with van der Waals surface area (Å²) in [6, 6.07) is 1.88. The summed E-state index contributed by atoms with van der Waals surface area (Å²) in [6.07, 6.45) is 9.94. The van der Waals surface area contributed by atoms with Gasteiger partial charge >= 0.3 is 0 Å². The molecule has 1 amide bonds. The van der Waals surface area contributed by atoms with Crippen molar-refractivity contribution in [2.45, 2.75) is 38.8 Å². The second kappa shape index (κ2) is 6.91. The highest BCUT2D eigenvalue weighted by Gasteiger charge is 2.49. The zero-order valence-corrected chi connectivity index (χ0v) is 16.3. The molecule has 0 aromatic carbocycles. The molecule has 29 heavy (non-hydrogen) atoms. The van der Waals surface area contributed by atoms with Gasteiger partial charge in [0.05, 0.1) is 36.5 Å². The SMILES string of the molecule is Cc1cnc(C(=O)N2CC3CC(Oc4cnc(C)cn4)C2C3)c(-n2nccn2)c1. The Hall–Kier alpha value is -3.36. The molecule has 3 aromatic rings. The zero-order valence-electron chi connectivity index (χ0n) is 16.3. The smallest absolute Gasteiger partial charge is 0.275 e. The molecule has 3 unspecified atom stereocenters. The van der Waals surface area contributed by atoms with Crippen LogP contribution in [0.4, 0.5) is 0 Å². The molecule has 9 nitrogen and oxygen atoms in total. The summed E-state index contributed by atoms with van der Waals surface area (Å²) in [6.45, 7) is 4.53. The van der Waals surface area contributed by atoms with Crippen molar-refractivity contribution in [3.8, 4) is 11.6 Å². The zero-order chi connectivity index (χ0) is 20.0. The Morgan fingerprint density at radius 3 is 2.62 bits per heavy atom. The Kier molecular flexibility index (Phi) is 4.22. The van der Waals surface area contributed by atoms with Gasteiger partial charge in [-0.3, -0.25) is 9.78 Å². The van der Waals surface area contributed by atoms with Crippen LogP contribution in [-0.2, 0) is 0 Å².